The summed E-state index contributed by atoms with van der Waals surface area (Å²) < 4.78 is 0. The Morgan fingerprint density at radius 1 is 0.907 bits per heavy atom. The molecule has 2 aliphatic heterocycles. The van der Waals surface area contributed by atoms with Crippen molar-refractivity contribution in [3.05, 3.63) is 59.8 Å². The van der Waals surface area contributed by atoms with E-state index in [-0.39, 0.29) is 24.5 Å². The van der Waals surface area contributed by atoms with Crippen LogP contribution in [0.5, 0.6) is 0 Å². The van der Waals surface area contributed by atoms with Crippen molar-refractivity contribution in [2.45, 2.75) is 76.9 Å². The fourth-order valence-electron chi connectivity index (χ4n) is 6.13. The summed E-state index contributed by atoms with van der Waals surface area (Å²) in [5.74, 6) is 0.995. The molecule has 0 spiro atoms. The maximum absolute atomic E-state index is 12.6. The number of nitrogens with one attached hydrogen (secondary N) is 1. The minimum absolute atomic E-state index is 0.0268. The second-order valence-corrected chi connectivity index (χ2v) is 12.0. The van der Waals surface area contributed by atoms with E-state index in [1.807, 2.05) is 29.2 Å². The molecule has 1 aromatic carbocycles. The summed E-state index contributed by atoms with van der Waals surface area (Å²) >= 11 is 0. The third-order valence-electron chi connectivity index (χ3n) is 8.88. The lowest BCUT2D eigenvalue weighted by atomic mass is 9.86. The highest BCUT2D eigenvalue weighted by molar-refractivity contribution is 5.98. The molecule has 3 heterocycles. The number of aromatic nitrogens is 1. The summed E-state index contributed by atoms with van der Waals surface area (Å²) in [6.07, 6.45) is 8.86. The van der Waals surface area contributed by atoms with E-state index >= 15 is 0 Å². The molecule has 0 aliphatic carbocycles. The number of Topliss-reactive ketones (excluding diaryl/α,β-unsaturated/α-hetero) is 1. The summed E-state index contributed by atoms with van der Waals surface area (Å²) in [6.45, 7) is 4.82. The van der Waals surface area contributed by atoms with Crippen molar-refractivity contribution in [3.63, 3.8) is 0 Å². The lowest BCUT2D eigenvalue weighted by Gasteiger charge is -2.34. The van der Waals surface area contributed by atoms with E-state index in [0.717, 1.165) is 57.7 Å². The van der Waals surface area contributed by atoms with Crippen LogP contribution in [0.2, 0.25) is 0 Å². The number of benzene rings is 1. The average Bonchev–Trinajstić information content (AvgIpc) is 3.03. The van der Waals surface area contributed by atoms with Gasteiger partial charge in [0.2, 0.25) is 11.8 Å². The summed E-state index contributed by atoms with van der Waals surface area (Å²) in [7, 11) is 0. The Balaban J connectivity index is 1.10. The quantitative estimate of drug-likeness (QED) is 0.303. The number of piperidine rings is 2. The summed E-state index contributed by atoms with van der Waals surface area (Å²) in [4.78, 5) is 57.5. The molecule has 0 saturated carbocycles. The lowest BCUT2D eigenvalue weighted by molar-refractivity contribution is -0.132. The smallest absolute Gasteiger partial charge is 0.253 e. The second kappa shape index (κ2) is 15.6. The normalized spacial score (nSPS) is 17.7. The van der Waals surface area contributed by atoms with Crippen molar-refractivity contribution >= 4 is 29.3 Å². The molecule has 2 atom stereocenters. The molecule has 2 aliphatic rings. The van der Waals surface area contributed by atoms with Crippen LogP contribution in [0.1, 0.15) is 85.4 Å². The van der Waals surface area contributed by atoms with E-state index in [2.05, 4.69) is 15.2 Å². The molecule has 3 amide bonds. The van der Waals surface area contributed by atoms with Crippen LogP contribution in [-0.2, 0) is 9.59 Å². The number of ketones is 1. The van der Waals surface area contributed by atoms with Crippen LogP contribution in [-0.4, -0.2) is 76.8 Å². The van der Waals surface area contributed by atoms with Gasteiger partial charge in [0, 0.05) is 50.8 Å². The number of pyridine rings is 1. The second-order valence-electron chi connectivity index (χ2n) is 12.0. The molecule has 2 fully saturated rings. The minimum Gasteiger partial charge on any atom is -0.391 e. The topological polar surface area (TPSA) is 146 Å². The molecule has 10 nitrogen and oxygen atoms in total. The van der Waals surface area contributed by atoms with Crippen LogP contribution in [0, 0.1) is 11.8 Å². The van der Waals surface area contributed by atoms with Gasteiger partial charge in [-0.15, -0.1) is 0 Å². The highest BCUT2D eigenvalue weighted by atomic mass is 16.3. The fourth-order valence-corrected chi connectivity index (χ4v) is 6.13. The molecule has 43 heavy (non-hydrogen) atoms. The number of hydrogen-bond donors (Lipinski definition) is 3. The van der Waals surface area contributed by atoms with Crippen molar-refractivity contribution in [1.82, 2.24) is 15.2 Å². The van der Waals surface area contributed by atoms with Crippen LogP contribution in [0.25, 0.3) is 0 Å². The number of aliphatic hydroxyl groups is 1. The van der Waals surface area contributed by atoms with E-state index in [1.165, 1.54) is 32.4 Å². The Morgan fingerprint density at radius 3 is 2.09 bits per heavy atom. The highest BCUT2D eigenvalue weighted by Crippen LogP contribution is 2.29. The lowest BCUT2D eigenvalue weighted by Crippen LogP contribution is -2.50. The largest absolute Gasteiger partial charge is 0.391 e. The van der Waals surface area contributed by atoms with Crippen molar-refractivity contribution in [3.8, 4) is 0 Å². The Labute approximate surface area is 254 Å². The fraction of sp³-hybridized carbons (Fsp3) is 0.545. The SMILES string of the molecule is CC(O)C(NC(=O)c1ccc(N2CCC(CCCC3CCN(C(=O)CCC(=O)c4ccccc4)CC3)CC2)nc1)C(N)=O. The minimum atomic E-state index is -1.16. The van der Waals surface area contributed by atoms with Crippen LogP contribution in [0.4, 0.5) is 5.82 Å². The number of carbonyl (C=O) groups excluding carboxylic acids is 4. The molecule has 2 aromatic rings. The monoisotopic (exact) mass is 591 g/mol. The van der Waals surface area contributed by atoms with Gasteiger partial charge in [-0.1, -0.05) is 49.6 Å². The number of carbonyl (C=O) groups is 4. The molecule has 2 saturated heterocycles. The molecule has 0 radical (unpaired) electrons. The number of nitrogens with two attached hydrogens (primary N) is 1. The van der Waals surface area contributed by atoms with Gasteiger partial charge in [0.1, 0.15) is 11.9 Å². The van der Waals surface area contributed by atoms with Gasteiger partial charge < -0.3 is 26.0 Å². The van der Waals surface area contributed by atoms with Crippen molar-refractivity contribution in [1.29, 1.82) is 0 Å². The summed E-state index contributed by atoms with van der Waals surface area (Å²) in [5, 5.41) is 12.1. The van der Waals surface area contributed by atoms with E-state index < -0.39 is 24.0 Å². The third-order valence-corrected chi connectivity index (χ3v) is 8.88. The number of likely N-dealkylation sites (tertiary alicyclic amines) is 1. The van der Waals surface area contributed by atoms with Gasteiger partial charge in [-0.05, 0) is 56.6 Å². The number of aliphatic hydroxyl groups excluding tert-OH is 1. The highest BCUT2D eigenvalue weighted by Gasteiger charge is 2.26. The molecule has 2 unspecified atom stereocenters. The van der Waals surface area contributed by atoms with Crippen LogP contribution < -0.4 is 16.0 Å². The molecule has 10 heteroatoms. The average molecular weight is 592 g/mol. The molecule has 4 rings (SSSR count). The number of anilines is 1. The molecular weight excluding hydrogens is 546 g/mol. The van der Waals surface area contributed by atoms with E-state index in [0.29, 0.717) is 23.0 Å². The first-order valence-electron chi connectivity index (χ1n) is 15.6. The van der Waals surface area contributed by atoms with Gasteiger partial charge in [0.25, 0.3) is 5.91 Å². The molecule has 232 valence electrons. The van der Waals surface area contributed by atoms with Gasteiger partial charge >= 0.3 is 0 Å². The van der Waals surface area contributed by atoms with Gasteiger partial charge in [-0.25, -0.2) is 4.98 Å². The molecular formula is C33H45N5O5. The first kappa shape index (κ1) is 32.1. The zero-order chi connectivity index (χ0) is 30.8. The number of amides is 3. The molecule has 1 aromatic heterocycles. The van der Waals surface area contributed by atoms with Crippen LogP contribution in [0.15, 0.2) is 48.7 Å². The maximum atomic E-state index is 12.6. The number of hydrogen-bond acceptors (Lipinski definition) is 7. The van der Waals surface area contributed by atoms with Crippen molar-refractivity contribution < 1.29 is 24.3 Å². The molecule has 0 bridgehead atoms. The van der Waals surface area contributed by atoms with Gasteiger partial charge in [-0.2, -0.15) is 0 Å². The van der Waals surface area contributed by atoms with Crippen molar-refractivity contribution in [2.75, 3.05) is 31.1 Å². The zero-order valence-electron chi connectivity index (χ0n) is 25.1. The predicted molar refractivity (Wildman–Crippen MR) is 164 cm³/mol. The van der Waals surface area contributed by atoms with Crippen molar-refractivity contribution in [2.24, 2.45) is 17.6 Å². The van der Waals surface area contributed by atoms with Crippen LogP contribution in [0.3, 0.4) is 0 Å². The standard InChI is InChI=1S/C33H45N5O5/c1-23(39)31(32(34)42)36-33(43)27-10-12-29(35-22-27)37-18-14-24(15-19-37)6-5-7-25-16-20-38(21-17-25)30(41)13-11-28(40)26-8-3-2-4-9-26/h2-4,8-10,12,22-25,31,39H,5-7,11,13-21H2,1H3,(H2,34,42)(H,36,43). The Morgan fingerprint density at radius 2 is 1.53 bits per heavy atom. The first-order chi connectivity index (χ1) is 20.7. The summed E-state index contributed by atoms with van der Waals surface area (Å²) in [6, 6.07) is 11.5. The van der Waals surface area contributed by atoms with Gasteiger partial charge in [0.15, 0.2) is 5.78 Å². The van der Waals surface area contributed by atoms with E-state index in [9.17, 15) is 24.3 Å². The third kappa shape index (κ3) is 9.35. The Kier molecular flexibility index (Phi) is 11.7. The van der Waals surface area contributed by atoms with Gasteiger partial charge in [-0.3, -0.25) is 19.2 Å². The maximum Gasteiger partial charge on any atom is 0.253 e. The number of nitrogens with zero attached hydrogens (tertiary/aromatic N) is 3. The Bertz CT molecular complexity index is 1220. The number of primary amides is 1. The first-order valence-corrected chi connectivity index (χ1v) is 15.6. The number of rotatable bonds is 13. The van der Waals surface area contributed by atoms with E-state index in [1.54, 1.807) is 18.2 Å². The predicted octanol–water partition coefficient (Wildman–Crippen LogP) is 3.33. The Hall–Kier alpha value is -3.79. The van der Waals surface area contributed by atoms with Crippen LogP contribution >= 0.6 is 0 Å². The zero-order valence-corrected chi connectivity index (χ0v) is 25.1. The summed E-state index contributed by atoms with van der Waals surface area (Å²) in [5.41, 5.74) is 6.23. The van der Waals surface area contributed by atoms with E-state index in [4.69, 9.17) is 5.73 Å². The molecule has 4 N–H and O–H groups in total. The van der Waals surface area contributed by atoms with Gasteiger partial charge in [0.05, 0.1) is 11.7 Å².